The molecule has 8 nitrogen and oxygen atoms in total. The molecule has 140 valence electrons. The number of piperidine rings is 1. The minimum atomic E-state index is -0.506. The summed E-state index contributed by atoms with van der Waals surface area (Å²) < 4.78 is 6.22. The minimum Gasteiger partial charge on any atom is -0.444 e. The SMILES string of the molecule is CC(C)(C)OC(=O)NC1CCN(c2nc3cc([N+](=O)[O-])ccc3s2)CC1. The number of anilines is 1. The number of nitro benzene ring substituents is 1. The van der Waals surface area contributed by atoms with E-state index in [1.807, 2.05) is 20.8 Å². The molecule has 1 fully saturated rings. The number of nitro groups is 1. The summed E-state index contributed by atoms with van der Waals surface area (Å²) in [6.07, 6.45) is 1.22. The predicted molar refractivity (Wildman–Crippen MR) is 101 cm³/mol. The number of nitrogens with zero attached hydrogens (tertiary/aromatic N) is 3. The van der Waals surface area contributed by atoms with Crippen LogP contribution in [-0.2, 0) is 4.74 Å². The van der Waals surface area contributed by atoms with Crippen molar-refractivity contribution in [3.05, 3.63) is 28.3 Å². The number of aromatic nitrogens is 1. The molecule has 3 rings (SSSR count). The fourth-order valence-electron chi connectivity index (χ4n) is 2.84. The topological polar surface area (TPSA) is 97.6 Å². The fraction of sp³-hybridized carbons (Fsp3) is 0.529. The Balaban J connectivity index is 1.60. The van der Waals surface area contributed by atoms with Crippen molar-refractivity contribution < 1.29 is 14.5 Å². The molecule has 1 amide bonds. The number of alkyl carbamates (subject to hydrolysis) is 1. The number of fused-ring (bicyclic) bond motifs is 1. The van der Waals surface area contributed by atoms with Crippen LogP contribution in [0.5, 0.6) is 0 Å². The highest BCUT2D eigenvalue weighted by atomic mass is 32.1. The van der Waals surface area contributed by atoms with Crippen LogP contribution in [0.2, 0.25) is 0 Å². The lowest BCUT2D eigenvalue weighted by atomic mass is 10.1. The Morgan fingerprint density at radius 1 is 1.38 bits per heavy atom. The summed E-state index contributed by atoms with van der Waals surface area (Å²) in [5, 5.41) is 14.7. The van der Waals surface area contributed by atoms with E-state index >= 15 is 0 Å². The third-order valence-corrected chi connectivity index (χ3v) is 5.15. The van der Waals surface area contributed by atoms with Gasteiger partial charge in [0.1, 0.15) is 5.60 Å². The highest BCUT2D eigenvalue weighted by molar-refractivity contribution is 7.22. The minimum absolute atomic E-state index is 0.0506. The second-order valence-corrected chi connectivity index (χ2v) is 8.32. The number of thiazole rings is 1. The predicted octanol–water partition coefficient (Wildman–Crippen LogP) is 3.70. The molecule has 0 spiro atoms. The van der Waals surface area contributed by atoms with Crippen LogP contribution < -0.4 is 10.2 Å². The van der Waals surface area contributed by atoms with E-state index in [1.165, 1.54) is 23.5 Å². The Bertz CT molecular complexity index is 822. The number of ether oxygens (including phenoxy) is 1. The molecule has 0 unspecified atom stereocenters. The zero-order valence-corrected chi connectivity index (χ0v) is 15.8. The Hall–Kier alpha value is -2.42. The highest BCUT2D eigenvalue weighted by Gasteiger charge is 2.25. The summed E-state index contributed by atoms with van der Waals surface area (Å²) in [6.45, 7) is 7.05. The van der Waals surface area contributed by atoms with Gasteiger partial charge in [0.05, 0.1) is 15.1 Å². The molecule has 0 atom stereocenters. The maximum atomic E-state index is 11.9. The van der Waals surface area contributed by atoms with E-state index in [1.54, 1.807) is 6.07 Å². The number of carbonyl (C=O) groups excluding carboxylic acids is 1. The van der Waals surface area contributed by atoms with Crippen molar-refractivity contribution in [2.45, 2.75) is 45.3 Å². The quantitative estimate of drug-likeness (QED) is 0.646. The summed E-state index contributed by atoms with van der Waals surface area (Å²) in [5.41, 5.74) is 0.191. The Kier molecular flexibility index (Phi) is 4.99. The Morgan fingerprint density at radius 3 is 2.69 bits per heavy atom. The standard InChI is InChI=1S/C17H22N4O4S/c1-17(2,3)25-16(22)18-11-6-8-20(9-7-11)15-19-13-10-12(21(23)24)4-5-14(13)26-15/h4-5,10-11H,6-9H2,1-3H3,(H,18,22). The van der Waals surface area contributed by atoms with Gasteiger partial charge in [-0.2, -0.15) is 0 Å². The first-order valence-corrected chi connectivity index (χ1v) is 9.32. The first-order valence-electron chi connectivity index (χ1n) is 8.51. The average molecular weight is 378 g/mol. The van der Waals surface area contributed by atoms with Crippen LogP contribution in [0.4, 0.5) is 15.6 Å². The van der Waals surface area contributed by atoms with Crippen molar-refractivity contribution in [3.8, 4) is 0 Å². The van der Waals surface area contributed by atoms with Crippen LogP contribution in [0.1, 0.15) is 33.6 Å². The van der Waals surface area contributed by atoms with E-state index in [2.05, 4.69) is 15.2 Å². The number of rotatable bonds is 3. The fourth-order valence-corrected chi connectivity index (χ4v) is 3.84. The highest BCUT2D eigenvalue weighted by Crippen LogP contribution is 2.32. The summed E-state index contributed by atoms with van der Waals surface area (Å²) >= 11 is 1.53. The van der Waals surface area contributed by atoms with Gasteiger partial charge in [0, 0.05) is 31.3 Å². The molecule has 2 heterocycles. The molecule has 0 saturated carbocycles. The zero-order chi connectivity index (χ0) is 18.9. The van der Waals surface area contributed by atoms with Crippen LogP contribution in [0.25, 0.3) is 10.2 Å². The molecule has 1 saturated heterocycles. The third kappa shape index (κ3) is 4.40. The summed E-state index contributed by atoms with van der Waals surface area (Å²) in [7, 11) is 0. The van der Waals surface area contributed by atoms with E-state index in [4.69, 9.17) is 4.74 Å². The van der Waals surface area contributed by atoms with Gasteiger partial charge in [-0.3, -0.25) is 10.1 Å². The molecule has 1 aromatic carbocycles. The van der Waals surface area contributed by atoms with Crippen molar-refractivity contribution in [3.63, 3.8) is 0 Å². The van der Waals surface area contributed by atoms with E-state index in [0.717, 1.165) is 35.8 Å². The molecule has 0 bridgehead atoms. The van der Waals surface area contributed by atoms with Crippen LogP contribution in [0, 0.1) is 10.1 Å². The molecular formula is C17H22N4O4S. The van der Waals surface area contributed by atoms with Gasteiger partial charge in [0.25, 0.3) is 5.69 Å². The number of nitrogens with one attached hydrogen (secondary N) is 1. The van der Waals surface area contributed by atoms with Gasteiger partial charge in [0.2, 0.25) is 0 Å². The number of hydrogen-bond donors (Lipinski definition) is 1. The molecule has 0 aliphatic carbocycles. The zero-order valence-electron chi connectivity index (χ0n) is 15.0. The van der Waals surface area contributed by atoms with Gasteiger partial charge >= 0.3 is 6.09 Å². The van der Waals surface area contributed by atoms with E-state index in [0.29, 0.717) is 5.52 Å². The lowest BCUT2D eigenvalue weighted by Crippen LogP contribution is -2.46. The smallest absolute Gasteiger partial charge is 0.407 e. The first-order chi connectivity index (χ1) is 12.2. The summed E-state index contributed by atoms with van der Waals surface area (Å²) in [4.78, 5) is 29.0. The van der Waals surface area contributed by atoms with Crippen molar-refractivity contribution in [1.29, 1.82) is 0 Å². The summed E-state index contributed by atoms with van der Waals surface area (Å²) in [6, 6.07) is 4.83. The number of non-ortho nitro benzene ring substituents is 1. The van der Waals surface area contributed by atoms with Crippen molar-refractivity contribution >= 4 is 38.5 Å². The van der Waals surface area contributed by atoms with Gasteiger partial charge in [-0.15, -0.1) is 0 Å². The molecule has 9 heteroatoms. The number of hydrogen-bond acceptors (Lipinski definition) is 7. The lowest BCUT2D eigenvalue weighted by molar-refractivity contribution is -0.384. The third-order valence-electron chi connectivity index (χ3n) is 4.06. The maximum Gasteiger partial charge on any atom is 0.407 e. The maximum absolute atomic E-state index is 11.9. The van der Waals surface area contributed by atoms with Crippen LogP contribution in [-0.4, -0.2) is 40.7 Å². The molecule has 2 aromatic rings. The molecule has 1 aliphatic rings. The molecule has 1 N–H and O–H groups in total. The van der Waals surface area contributed by atoms with Crippen LogP contribution in [0.15, 0.2) is 18.2 Å². The molecule has 26 heavy (non-hydrogen) atoms. The van der Waals surface area contributed by atoms with Gasteiger partial charge in [-0.1, -0.05) is 11.3 Å². The monoisotopic (exact) mass is 378 g/mol. The molecule has 1 aromatic heterocycles. The van der Waals surface area contributed by atoms with Crippen molar-refractivity contribution in [2.75, 3.05) is 18.0 Å². The van der Waals surface area contributed by atoms with Crippen LogP contribution in [0.3, 0.4) is 0 Å². The second kappa shape index (κ2) is 7.06. The largest absolute Gasteiger partial charge is 0.444 e. The second-order valence-electron chi connectivity index (χ2n) is 7.31. The van der Waals surface area contributed by atoms with Crippen LogP contribution >= 0.6 is 11.3 Å². The molecular weight excluding hydrogens is 356 g/mol. The van der Waals surface area contributed by atoms with Gasteiger partial charge in [-0.25, -0.2) is 9.78 Å². The van der Waals surface area contributed by atoms with Crippen molar-refractivity contribution in [1.82, 2.24) is 10.3 Å². The Morgan fingerprint density at radius 2 is 2.08 bits per heavy atom. The van der Waals surface area contributed by atoms with Gasteiger partial charge in [0.15, 0.2) is 5.13 Å². The van der Waals surface area contributed by atoms with E-state index < -0.39 is 10.5 Å². The number of carbonyl (C=O) groups is 1. The lowest BCUT2D eigenvalue weighted by Gasteiger charge is -2.32. The first kappa shape index (κ1) is 18.4. The number of amides is 1. The van der Waals surface area contributed by atoms with Gasteiger partial charge in [-0.05, 0) is 39.7 Å². The summed E-state index contributed by atoms with van der Waals surface area (Å²) in [5.74, 6) is 0. The molecule has 0 radical (unpaired) electrons. The Labute approximate surface area is 155 Å². The molecule has 1 aliphatic heterocycles. The van der Waals surface area contributed by atoms with Crippen molar-refractivity contribution in [2.24, 2.45) is 0 Å². The number of benzene rings is 1. The van der Waals surface area contributed by atoms with E-state index in [-0.39, 0.29) is 17.8 Å². The normalized spacial score (nSPS) is 15.9. The van der Waals surface area contributed by atoms with E-state index in [9.17, 15) is 14.9 Å². The van der Waals surface area contributed by atoms with Gasteiger partial charge < -0.3 is 15.0 Å². The average Bonchev–Trinajstić information content (AvgIpc) is 2.96.